The average molecular weight is 429 g/mol. The Hall–Kier alpha value is -2.84. The van der Waals surface area contributed by atoms with Crippen molar-refractivity contribution in [2.75, 3.05) is 19.6 Å². The van der Waals surface area contributed by atoms with E-state index in [1.807, 2.05) is 4.90 Å². The summed E-state index contributed by atoms with van der Waals surface area (Å²) in [7, 11) is 0. The summed E-state index contributed by atoms with van der Waals surface area (Å²) >= 11 is 0. The highest BCUT2D eigenvalue weighted by atomic mass is 35.5. The van der Waals surface area contributed by atoms with Crippen molar-refractivity contribution < 1.29 is 9.32 Å². The lowest BCUT2D eigenvalue weighted by Crippen LogP contribution is -2.48. The van der Waals surface area contributed by atoms with Gasteiger partial charge in [-0.05, 0) is 23.6 Å². The fraction of sp³-hybridized carbons (Fsp3) is 0.381. The molecule has 0 radical (unpaired) electrons. The Balaban J connectivity index is 0.00000256. The summed E-state index contributed by atoms with van der Waals surface area (Å²) in [4.78, 5) is 27.4. The van der Waals surface area contributed by atoms with Crippen LogP contribution in [0.5, 0.6) is 0 Å². The molecule has 1 atom stereocenters. The molecule has 9 heteroatoms. The Labute approximate surface area is 181 Å². The molecule has 1 amide bonds. The van der Waals surface area contributed by atoms with Gasteiger partial charge in [-0.2, -0.15) is 4.98 Å². The number of aromatic nitrogens is 4. The van der Waals surface area contributed by atoms with Crippen molar-refractivity contribution in [2.45, 2.75) is 32.2 Å². The van der Waals surface area contributed by atoms with E-state index >= 15 is 0 Å². The van der Waals surface area contributed by atoms with E-state index in [0.29, 0.717) is 36.9 Å². The minimum Gasteiger partial charge on any atom is -0.339 e. The van der Waals surface area contributed by atoms with Gasteiger partial charge in [0, 0.05) is 44.9 Å². The van der Waals surface area contributed by atoms with E-state index in [1.54, 1.807) is 18.5 Å². The SMILES string of the molecule is CCc1ccc(C2CNCCN2C(=O)CCc2nc(-c3ncccn3)no2)cc1.Cl. The number of amides is 1. The van der Waals surface area contributed by atoms with Crippen LogP contribution >= 0.6 is 12.4 Å². The topological polar surface area (TPSA) is 97.0 Å². The Morgan fingerprint density at radius 2 is 1.97 bits per heavy atom. The maximum Gasteiger partial charge on any atom is 0.240 e. The minimum absolute atomic E-state index is 0. The van der Waals surface area contributed by atoms with E-state index in [1.165, 1.54) is 5.56 Å². The van der Waals surface area contributed by atoms with Crippen molar-refractivity contribution in [1.82, 2.24) is 30.3 Å². The number of nitrogens with one attached hydrogen (secondary N) is 1. The van der Waals surface area contributed by atoms with Crippen molar-refractivity contribution in [1.29, 1.82) is 0 Å². The maximum atomic E-state index is 12.9. The summed E-state index contributed by atoms with van der Waals surface area (Å²) < 4.78 is 5.27. The number of piperazine rings is 1. The zero-order chi connectivity index (χ0) is 20.1. The largest absolute Gasteiger partial charge is 0.339 e. The van der Waals surface area contributed by atoms with Crippen LogP contribution in [0.2, 0.25) is 0 Å². The molecule has 1 unspecified atom stereocenters. The van der Waals surface area contributed by atoms with Gasteiger partial charge in [0.2, 0.25) is 23.4 Å². The van der Waals surface area contributed by atoms with Gasteiger partial charge < -0.3 is 14.7 Å². The lowest BCUT2D eigenvalue weighted by molar-refractivity contribution is -0.134. The first-order valence-electron chi connectivity index (χ1n) is 9.93. The first kappa shape index (κ1) is 21.9. The molecule has 0 bridgehead atoms. The number of aryl methyl sites for hydroxylation is 2. The summed E-state index contributed by atoms with van der Waals surface area (Å²) in [6.45, 7) is 4.38. The highest BCUT2D eigenvalue weighted by Crippen LogP contribution is 2.24. The first-order chi connectivity index (χ1) is 14.2. The molecule has 0 saturated carbocycles. The van der Waals surface area contributed by atoms with Crippen LogP contribution < -0.4 is 5.32 Å². The van der Waals surface area contributed by atoms with Crippen LogP contribution in [0.1, 0.15) is 36.4 Å². The molecule has 30 heavy (non-hydrogen) atoms. The molecule has 1 aromatic carbocycles. The number of benzene rings is 1. The molecule has 4 rings (SSSR count). The van der Waals surface area contributed by atoms with Crippen molar-refractivity contribution in [3.8, 4) is 11.6 Å². The van der Waals surface area contributed by atoms with E-state index in [-0.39, 0.29) is 24.4 Å². The molecule has 1 aliphatic heterocycles. The molecule has 158 valence electrons. The van der Waals surface area contributed by atoms with E-state index in [9.17, 15) is 4.79 Å². The number of rotatable bonds is 6. The van der Waals surface area contributed by atoms with Gasteiger partial charge in [-0.15, -0.1) is 12.4 Å². The van der Waals surface area contributed by atoms with Crippen LogP contribution in [0.25, 0.3) is 11.6 Å². The summed E-state index contributed by atoms with van der Waals surface area (Å²) in [6, 6.07) is 10.3. The van der Waals surface area contributed by atoms with Gasteiger partial charge in [0.25, 0.3) is 0 Å². The Morgan fingerprint density at radius 1 is 1.20 bits per heavy atom. The average Bonchev–Trinajstić information content (AvgIpc) is 3.27. The first-order valence-corrected chi connectivity index (χ1v) is 9.93. The van der Waals surface area contributed by atoms with Gasteiger partial charge in [-0.25, -0.2) is 9.97 Å². The van der Waals surface area contributed by atoms with E-state index in [2.05, 4.69) is 56.6 Å². The highest BCUT2D eigenvalue weighted by Gasteiger charge is 2.28. The predicted molar refractivity (Wildman–Crippen MR) is 114 cm³/mol. The molecule has 1 saturated heterocycles. The van der Waals surface area contributed by atoms with Crippen LogP contribution in [0.4, 0.5) is 0 Å². The van der Waals surface area contributed by atoms with Crippen LogP contribution in [-0.4, -0.2) is 50.5 Å². The molecule has 0 aliphatic carbocycles. The lowest BCUT2D eigenvalue weighted by Gasteiger charge is -2.36. The molecule has 3 aromatic rings. The molecule has 3 heterocycles. The minimum atomic E-state index is 0. The van der Waals surface area contributed by atoms with Crippen molar-refractivity contribution in [3.63, 3.8) is 0 Å². The molecule has 1 aliphatic rings. The Morgan fingerprint density at radius 3 is 2.70 bits per heavy atom. The molecule has 1 fully saturated rings. The van der Waals surface area contributed by atoms with Crippen molar-refractivity contribution in [2.24, 2.45) is 0 Å². The van der Waals surface area contributed by atoms with Crippen LogP contribution in [0.3, 0.4) is 0 Å². The van der Waals surface area contributed by atoms with Crippen LogP contribution in [0.15, 0.2) is 47.2 Å². The van der Waals surface area contributed by atoms with Crippen LogP contribution in [-0.2, 0) is 17.6 Å². The van der Waals surface area contributed by atoms with E-state index in [4.69, 9.17) is 4.52 Å². The summed E-state index contributed by atoms with van der Waals surface area (Å²) in [6.07, 6.45) is 4.97. The standard InChI is InChI=1S/C21H24N6O2.ClH/c1-2-15-4-6-16(7-5-15)17-14-22-12-13-27(17)19(28)9-8-18-25-21(26-29-18)20-23-10-3-11-24-20;/h3-7,10-11,17,22H,2,8-9,12-14H2,1H3;1H. The Kier molecular flexibility index (Phi) is 7.48. The second kappa shape index (κ2) is 10.3. The van der Waals surface area contributed by atoms with Gasteiger partial charge in [-0.1, -0.05) is 36.3 Å². The third-order valence-electron chi connectivity index (χ3n) is 5.12. The number of hydrogen-bond acceptors (Lipinski definition) is 7. The molecule has 2 aromatic heterocycles. The normalized spacial score (nSPS) is 16.2. The highest BCUT2D eigenvalue weighted by molar-refractivity contribution is 5.85. The number of carbonyl (C=O) groups is 1. The van der Waals surface area contributed by atoms with E-state index in [0.717, 1.165) is 25.1 Å². The van der Waals surface area contributed by atoms with Gasteiger partial charge in [0.1, 0.15) is 0 Å². The third-order valence-corrected chi connectivity index (χ3v) is 5.12. The molecule has 1 N–H and O–H groups in total. The predicted octanol–water partition coefficient (Wildman–Crippen LogP) is 2.62. The van der Waals surface area contributed by atoms with E-state index < -0.39 is 0 Å². The second-order valence-electron chi connectivity index (χ2n) is 6.99. The molecular weight excluding hydrogens is 404 g/mol. The Bertz CT molecular complexity index is 948. The van der Waals surface area contributed by atoms with Crippen molar-refractivity contribution in [3.05, 3.63) is 59.7 Å². The smallest absolute Gasteiger partial charge is 0.240 e. The zero-order valence-corrected chi connectivity index (χ0v) is 17.6. The van der Waals surface area contributed by atoms with Gasteiger partial charge in [-0.3, -0.25) is 4.79 Å². The number of nitrogens with zero attached hydrogens (tertiary/aromatic N) is 5. The number of halogens is 1. The van der Waals surface area contributed by atoms with Crippen LogP contribution in [0, 0.1) is 0 Å². The third kappa shape index (κ3) is 5.01. The second-order valence-corrected chi connectivity index (χ2v) is 6.99. The molecular formula is C21H25ClN6O2. The summed E-state index contributed by atoms with van der Waals surface area (Å²) in [5.74, 6) is 1.25. The molecule has 0 spiro atoms. The molecule has 8 nitrogen and oxygen atoms in total. The number of hydrogen-bond donors (Lipinski definition) is 1. The van der Waals surface area contributed by atoms with Gasteiger partial charge in [0.15, 0.2) is 0 Å². The summed E-state index contributed by atoms with van der Waals surface area (Å²) in [5.41, 5.74) is 2.45. The fourth-order valence-corrected chi connectivity index (χ4v) is 3.50. The monoisotopic (exact) mass is 428 g/mol. The van der Waals surface area contributed by atoms with Crippen molar-refractivity contribution >= 4 is 18.3 Å². The zero-order valence-electron chi connectivity index (χ0n) is 16.8. The summed E-state index contributed by atoms with van der Waals surface area (Å²) in [5, 5.41) is 7.30. The quantitative estimate of drug-likeness (QED) is 0.644. The number of carbonyl (C=O) groups excluding carboxylic acids is 1. The van der Waals surface area contributed by atoms with Gasteiger partial charge >= 0.3 is 0 Å². The van der Waals surface area contributed by atoms with Gasteiger partial charge in [0.05, 0.1) is 6.04 Å². The lowest BCUT2D eigenvalue weighted by atomic mass is 10.0. The fourth-order valence-electron chi connectivity index (χ4n) is 3.50. The maximum absolute atomic E-state index is 12.9.